The lowest BCUT2D eigenvalue weighted by atomic mass is 9.81. The van der Waals surface area contributed by atoms with Crippen LogP contribution in [0.5, 0.6) is 0 Å². The summed E-state index contributed by atoms with van der Waals surface area (Å²) in [5.74, 6) is -9.05. The summed E-state index contributed by atoms with van der Waals surface area (Å²) in [5.41, 5.74) is -1.41. The average Bonchev–Trinajstić information content (AvgIpc) is 2.42. The smallest absolute Gasteiger partial charge is 0.453 e. The Morgan fingerprint density at radius 1 is 0.913 bits per heavy atom. The van der Waals surface area contributed by atoms with Gasteiger partial charge in [0.05, 0.1) is 5.57 Å². The van der Waals surface area contributed by atoms with Gasteiger partial charge in [-0.05, 0) is 25.2 Å². The van der Waals surface area contributed by atoms with E-state index >= 15 is 0 Å². The van der Waals surface area contributed by atoms with Crippen molar-refractivity contribution in [3.63, 3.8) is 0 Å². The fraction of sp³-hybridized carbons (Fsp3) is 0.714. The zero-order chi connectivity index (χ0) is 17.8. The first-order chi connectivity index (χ1) is 10.5. The first-order valence-corrected chi connectivity index (χ1v) is 7.11. The molecule has 4 nitrogen and oxygen atoms in total. The molecule has 0 amide bonds. The third kappa shape index (κ3) is 4.90. The highest BCUT2D eigenvalue weighted by atomic mass is 19.4. The molecule has 2 N–H and O–H groups in total. The van der Waals surface area contributed by atoms with Crippen LogP contribution in [0.25, 0.3) is 0 Å². The molecular formula is C14H17F5O4. The van der Waals surface area contributed by atoms with Gasteiger partial charge in [-0.15, -0.1) is 0 Å². The summed E-state index contributed by atoms with van der Waals surface area (Å²) in [7, 11) is 0. The van der Waals surface area contributed by atoms with Gasteiger partial charge in [-0.1, -0.05) is 19.3 Å². The summed E-state index contributed by atoms with van der Waals surface area (Å²) in [6.07, 6.45) is -5.81. The van der Waals surface area contributed by atoms with Crippen LogP contribution in [0.1, 0.15) is 44.9 Å². The fourth-order valence-electron chi connectivity index (χ4n) is 2.72. The maximum Gasteiger partial charge on any atom is 0.453 e. The Morgan fingerprint density at radius 2 is 1.43 bits per heavy atom. The van der Waals surface area contributed by atoms with Crippen molar-refractivity contribution in [3.8, 4) is 0 Å². The number of alkyl halides is 5. The van der Waals surface area contributed by atoms with E-state index in [4.69, 9.17) is 5.11 Å². The maximum absolute atomic E-state index is 13.0. The van der Waals surface area contributed by atoms with Crippen LogP contribution in [0.15, 0.2) is 11.1 Å². The quantitative estimate of drug-likeness (QED) is 0.564. The molecule has 0 bridgehead atoms. The van der Waals surface area contributed by atoms with Gasteiger partial charge in [0, 0.05) is 12.0 Å². The Kier molecular flexibility index (Phi) is 6.12. The molecule has 132 valence electrons. The SMILES string of the molecule is O=C(O)/C(CCC(F)(F)C(F)(F)F)=C(/C(=O)O)C1CCCCC1. The van der Waals surface area contributed by atoms with Gasteiger partial charge in [0.25, 0.3) is 0 Å². The van der Waals surface area contributed by atoms with Gasteiger partial charge < -0.3 is 10.2 Å². The highest BCUT2D eigenvalue weighted by Crippen LogP contribution is 2.40. The molecule has 9 heteroatoms. The highest BCUT2D eigenvalue weighted by molar-refractivity contribution is 5.99. The van der Waals surface area contributed by atoms with Gasteiger partial charge in [0.2, 0.25) is 0 Å². The Labute approximate surface area is 129 Å². The van der Waals surface area contributed by atoms with Crippen molar-refractivity contribution in [1.82, 2.24) is 0 Å². The van der Waals surface area contributed by atoms with Crippen molar-refractivity contribution in [1.29, 1.82) is 0 Å². The van der Waals surface area contributed by atoms with E-state index in [1.807, 2.05) is 0 Å². The van der Waals surface area contributed by atoms with Crippen molar-refractivity contribution in [3.05, 3.63) is 11.1 Å². The summed E-state index contributed by atoms with van der Waals surface area (Å²) in [4.78, 5) is 22.5. The van der Waals surface area contributed by atoms with Gasteiger partial charge in [-0.3, -0.25) is 0 Å². The normalized spacial score (nSPS) is 18.5. The second-order valence-corrected chi connectivity index (χ2v) is 5.54. The Morgan fingerprint density at radius 3 is 1.83 bits per heavy atom. The molecule has 0 aromatic heterocycles. The van der Waals surface area contributed by atoms with Crippen molar-refractivity contribution in [2.24, 2.45) is 5.92 Å². The fourth-order valence-corrected chi connectivity index (χ4v) is 2.72. The number of hydrogen-bond acceptors (Lipinski definition) is 2. The van der Waals surface area contributed by atoms with E-state index in [1.54, 1.807) is 0 Å². The number of hydrogen-bond donors (Lipinski definition) is 2. The molecule has 1 aliphatic rings. The third-order valence-corrected chi connectivity index (χ3v) is 3.93. The number of carboxylic acids is 2. The van der Waals surface area contributed by atoms with E-state index in [9.17, 15) is 36.6 Å². The Balaban J connectivity index is 3.09. The van der Waals surface area contributed by atoms with Crippen LogP contribution in [0.4, 0.5) is 22.0 Å². The average molecular weight is 344 g/mol. The minimum atomic E-state index is -5.80. The standard InChI is InChI=1S/C14H17F5O4/c15-13(16,14(17,18)19)7-6-9(11(20)21)10(12(22)23)8-4-2-1-3-5-8/h8H,1-7H2,(H,20,21)(H,22,23)/b10-9+. The maximum atomic E-state index is 13.0. The van der Waals surface area contributed by atoms with Crippen molar-refractivity contribution in [2.75, 3.05) is 0 Å². The highest BCUT2D eigenvalue weighted by Gasteiger charge is 2.56. The lowest BCUT2D eigenvalue weighted by Crippen LogP contribution is -2.36. The number of aliphatic carboxylic acids is 2. The number of halogens is 5. The van der Waals surface area contributed by atoms with E-state index < -0.39 is 53.9 Å². The number of carboxylic acid groups (broad SMARTS) is 2. The number of carbonyl (C=O) groups is 2. The lowest BCUT2D eigenvalue weighted by molar-refractivity contribution is -0.284. The number of rotatable bonds is 6. The van der Waals surface area contributed by atoms with Crippen LogP contribution in [0, 0.1) is 5.92 Å². The molecule has 0 unspecified atom stereocenters. The molecular weight excluding hydrogens is 327 g/mol. The Hall–Kier alpha value is -1.67. The van der Waals surface area contributed by atoms with Crippen molar-refractivity contribution < 1.29 is 41.8 Å². The zero-order valence-electron chi connectivity index (χ0n) is 12.1. The minimum Gasteiger partial charge on any atom is -0.478 e. The predicted molar refractivity (Wildman–Crippen MR) is 69.1 cm³/mol. The van der Waals surface area contributed by atoms with Crippen LogP contribution >= 0.6 is 0 Å². The van der Waals surface area contributed by atoms with Crippen molar-refractivity contribution >= 4 is 11.9 Å². The summed E-state index contributed by atoms with van der Waals surface area (Å²) >= 11 is 0. The first-order valence-electron chi connectivity index (χ1n) is 7.11. The van der Waals surface area contributed by atoms with E-state index in [0.29, 0.717) is 25.7 Å². The molecule has 0 aromatic rings. The topological polar surface area (TPSA) is 74.6 Å². The molecule has 0 atom stereocenters. The van der Waals surface area contributed by atoms with E-state index in [-0.39, 0.29) is 0 Å². The molecule has 0 heterocycles. The van der Waals surface area contributed by atoms with E-state index in [0.717, 1.165) is 6.42 Å². The van der Waals surface area contributed by atoms with Crippen LogP contribution < -0.4 is 0 Å². The van der Waals surface area contributed by atoms with Crippen LogP contribution in [0.3, 0.4) is 0 Å². The molecule has 0 aliphatic heterocycles. The molecule has 0 spiro atoms. The van der Waals surface area contributed by atoms with Crippen LogP contribution in [-0.4, -0.2) is 34.3 Å². The van der Waals surface area contributed by atoms with Gasteiger partial charge in [0.15, 0.2) is 0 Å². The molecule has 0 radical (unpaired) electrons. The van der Waals surface area contributed by atoms with Crippen LogP contribution in [0.2, 0.25) is 0 Å². The molecule has 1 fully saturated rings. The lowest BCUT2D eigenvalue weighted by Gasteiger charge is -2.25. The third-order valence-electron chi connectivity index (χ3n) is 3.93. The molecule has 1 saturated carbocycles. The van der Waals surface area contributed by atoms with Gasteiger partial charge in [0.1, 0.15) is 0 Å². The second-order valence-electron chi connectivity index (χ2n) is 5.54. The summed E-state index contributed by atoms with van der Waals surface area (Å²) < 4.78 is 62.5. The van der Waals surface area contributed by atoms with Crippen LogP contribution in [-0.2, 0) is 9.59 Å². The largest absolute Gasteiger partial charge is 0.478 e. The molecule has 1 aliphatic carbocycles. The Bertz CT molecular complexity index is 490. The minimum absolute atomic E-state index is 0.383. The van der Waals surface area contributed by atoms with E-state index in [2.05, 4.69) is 0 Å². The molecule has 23 heavy (non-hydrogen) atoms. The van der Waals surface area contributed by atoms with E-state index in [1.165, 1.54) is 0 Å². The van der Waals surface area contributed by atoms with Gasteiger partial charge in [-0.2, -0.15) is 22.0 Å². The van der Waals surface area contributed by atoms with Gasteiger partial charge in [-0.25, -0.2) is 9.59 Å². The summed E-state index contributed by atoms with van der Waals surface area (Å²) in [6.45, 7) is 0. The zero-order valence-corrected chi connectivity index (χ0v) is 12.1. The monoisotopic (exact) mass is 344 g/mol. The molecule has 1 rings (SSSR count). The summed E-state index contributed by atoms with van der Waals surface area (Å²) in [5, 5.41) is 18.3. The summed E-state index contributed by atoms with van der Waals surface area (Å²) in [6, 6.07) is 0. The predicted octanol–water partition coefficient (Wildman–Crippen LogP) is 4.01. The molecule has 0 saturated heterocycles. The van der Waals surface area contributed by atoms with Gasteiger partial charge >= 0.3 is 24.0 Å². The van der Waals surface area contributed by atoms with Crippen molar-refractivity contribution in [2.45, 2.75) is 57.0 Å². The first kappa shape index (κ1) is 19.4. The second kappa shape index (κ2) is 7.27. The molecule has 0 aromatic carbocycles.